The number of hydrogen-bond donors (Lipinski definition) is 1. The van der Waals surface area contributed by atoms with Crippen LogP contribution < -0.4 is 9.50 Å². The molecule has 0 aliphatic carbocycles. The minimum absolute atomic E-state index is 0.220. The molecule has 0 atom stereocenters. The molecule has 0 fully saturated rings. The van der Waals surface area contributed by atoms with E-state index in [1.807, 2.05) is 30.5 Å². The molecular formula is C21H22N2O5S2. The number of furan rings is 1. The lowest BCUT2D eigenvalue weighted by molar-refractivity contribution is 0.201. The zero-order chi connectivity index (χ0) is 21.6. The number of thioether (sulfide) groups is 1. The van der Waals surface area contributed by atoms with Crippen LogP contribution in [0, 0.1) is 0 Å². The van der Waals surface area contributed by atoms with Crippen LogP contribution in [0.5, 0.6) is 5.75 Å². The first-order chi connectivity index (χ1) is 14.3. The van der Waals surface area contributed by atoms with Crippen LogP contribution in [-0.2, 0) is 23.2 Å². The Hall–Kier alpha value is -2.91. The van der Waals surface area contributed by atoms with Gasteiger partial charge in [0.05, 0.1) is 19.1 Å². The lowest BCUT2D eigenvalue weighted by Gasteiger charge is -2.22. The Kier molecular flexibility index (Phi) is 7.07. The van der Waals surface area contributed by atoms with Gasteiger partial charge in [0.15, 0.2) is 0 Å². The summed E-state index contributed by atoms with van der Waals surface area (Å²) in [6, 6.07) is 17.4. The summed E-state index contributed by atoms with van der Waals surface area (Å²) >= 11 is 1.63. The minimum Gasteiger partial charge on any atom is -0.467 e. The Balaban J connectivity index is 1.73. The number of hydrogen-bond acceptors (Lipinski definition) is 6. The van der Waals surface area contributed by atoms with Crippen molar-refractivity contribution in [2.45, 2.75) is 18.0 Å². The number of nitrogens with one attached hydrogen (secondary N) is 1. The zero-order valence-corrected chi connectivity index (χ0v) is 18.2. The lowest BCUT2D eigenvalue weighted by atomic mass is 10.2. The van der Waals surface area contributed by atoms with Crippen LogP contribution >= 0.6 is 11.8 Å². The second kappa shape index (κ2) is 9.73. The molecular weight excluding hydrogens is 424 g/mol. The van der Waals surface area contributed by atoms with Gasteiger partial charge in [-0.05, 0) is 60.4 Å². The van der Waals surface area contributed by atoms with Crippen molar-refractivity contribution in [1.29, 1.82) is 0 Å². The van der Waals surface area contributed by atoms with Gasteiger partial charge in [0.2, 0.25) is 0 Å². The van der Waals surface area contributed by atoms with Gasteiger partial charge in [-0.25, -0.2) is 4.79 Å². The molecule has 1 N–H and O–H groups in total. The summed E-state index contributed by atoms with van der Waals surface area (Å²) in [6.07, 6.45) is 4.54. The van der Waals surface area contributed by atoms with Gasteiger partial charge in [0, 0.05) is 17.1 Å². The van der Waals surface area contributed by atoms with E-state index < -0.39 is 10.1 Å². The quantitative estimate of drug-likeness (QED) is 0.403. The third kappa shape index (κ3) is 6.57. The van der Waals surface area contributed by atoms with Crippen molar-refractivity contribution in [3.63, 3.8) is 0 Å². The number of benzene rings is 2. The van der Waals surface area contributed by atoms with Gasteiger partial charge < -0.3 is 18.8 Å². The van der Waals surface area contributed by atoms with Crippen LogP contribution in [-0.4, -0.2) is 31.9 Å². The zero-order valence-electron chi connectivity index (χ0n) is 16.6. The SMILES string of the molecule is CSc1ccc(NC(=O)N(Cc2ccc(OS(C)(=O)=O)cc2)Cc2ccco2)cc1. The molecule has 30 heavy (non-hydrogen) atoms. The molecule has 3 aromatic rings. The van der Waals surface area contributed by atoms with Gasteiger partial charge in [-0.1, -0.05) is 12.1 Å². The topological polar surface area (TPSA) is 88.9 Å². The van der Waals surface area contributed by atoms with Gasteiger partial charge in [-0.15, -0.1) is 11.8 Å². The molecule has 1 aromatic heterocycles. The molecule has 0 radical (unpaired) electrons. The molecule has 2 aromatic carbocycles. The first-order valence-electron chi connectivity index (χ1n) is 9.03. The monoisotopic (exact) mass is 446 g/mol. The smallest absolute Gasteiger partial charge is 0.322 e. The average molecular weight is 447 g/mol. The fourth-order valence-electron chi connectivity index (χ4n) is 2.71. The maximum Gasteiger partial charge on any atom is 0.322 e. The Morgan fingerprint density at radius 2 is 1.77 bits per heavy atom. The highest BCUT2D eigenvalue weighted by Gasteiger charge is 2.17. The van der Waals surface area contributed by atoms with E-state index in [0.29, 0.717) is 18.0 Å². The van der Waals surface area contributed by atoms with Crippen molar-refractivity contribution in [2.75, 3.05) is 17.8 Å². The molecule has 0 spiro atoms. The molecule has 0 saturated heterocycles. The molecule has 7 nitrogen and oxygen atoms in total. The number of anilines is 1. The van der Waals surface area contributed by atoms with Gasteiger partial charge in [-0.3, -0.25) is 0 Å². The van der Waals surface area contributed by atoms with Crippen molar-refractivity contribution in [3.8, 4) is 5.75 Å². The van der Waals surface area contributed by atoms with E-state index in [4.69, 9.17) is 8.60 Å². The molecule has 0 bridgehead atoms. The minimum atomic E-state index is -3.59. The average Bonchev–Trinajstić information content (AvgIpc) is 3.21. The van der Waals surface area contributed by atoms with E-state index >= 15 is 0 Å². The van der Waals surface area contributed by atoms with Crippen molar-refractivity contribution in [2.24, 2.45) is 0 Å². The summed E-state index contributed by atoms with van der Waals surface area (Å²) in [7, 11) is -3.59. The standard InChI is InChI=1S/C21H22N2O5S2/c1-29-20-11-7-17(8-12-20)22-21(24)23(15-19-4-3-13-27-19)14-16-5-9-18(10-6-16)28-30(2,25)26/h3-13H,14-15H2,1-2H3,(H,22,24). The first kappa shape index (κ1) is 21.8. The predicted molar refractivity (Wildman–Crippen MR) is 117 cm³/mol. The number of amides is 2. The van der Waals surface area contributed by atoms with Crippen LogP contribution in [0.15, 0.2) is 76.2 Å². The van der Waals surface area contributed by atoms with E-state index in [-0.39, 0.29) is 18.3 Å². The van der Waals surface area contributed by atoms with Gasteiger partial charge in [0.1, 0.15) is 11.5 Å². The van der Waals surface area contributed by atoms with Gasteiger partial charge in [0.25, 0.3) is 0 Å². The third-order valence-corrected chi connectivity index (χ3v) is 5.34. The molecule has 0 unspecified atom stereocenters. The van der Waals surface area contributed by atoms with Crippen LogP contribution in [0.25, 0.3) is 0 Å². The Labute approximate surface area is 180 Å². The number of rotatable bonds is 8. The van der Waals surface area contributed by atoms with Crippen LogP contribution in [0.1, 0.15) is 11.3 Å². The normalized spacial score (nSPS) is 11.1. The largest absolute Gasteiger partial charge is 0.467 e. The second-order valence-electron chi connectivity index (χ2n) is 6.53. The number of nitrogens with zero attached hydrogens (tertiary/aromatic N) is 1. The van der Waals surface area contributed by atoms with E-state index in [0.717, 1.165) is 16.7 Å². The molecule has 0 aliphatic rings. The van der Waals surface area contributed by atoms with Gasteiger partial charge >= 0.3 is 16.1 Å². The van der Waals surface area contributed by atoms with E-state index in [2.05, 4.69) is 5.32 Å². The highest BCUT2D eigenvalue weighted by molar-refractivity contribution is 7.98. The van der Waals surface area contributed by atoms with Crippen molar-refractivity contribution in [3.05, 3.63) is 78.3 Å². The van der Waals surface area contributed by atoms with Crippen molar-refractivity contribution < 1.29 is 21.8 Å². The Bertz CT molecular complexity index is 1060. The summed E-state index contributed by atoms with van der Waals surface area (Å²) in [5.41, 5.74) is 1.51. The second-order valence-corrected chi connectivity index (χ2v) is 8.98. The summed E-state index contributed by atoms with van der Waals surface area (Å²) in [5, 5.41) is 2.90. The third-order valence-electron chi connectivity index (χ3n) is 4.10. The fourth-order valence-corrected chi connectivity index (χ4v) is 3.58. The van der Waals surface area contributed by atoms with E-state index in [9.17, 15) is 13.2 Å². The maximum atomic E-state index is 12.9. The van der Waals surface area contributed by atoms with Crippen LogP contribution in [0.2, 0.25) is 0 Å². The molecule has 0 saturated carbocycles. The first-order valence-corrected chi connectivity index (χ1v) is 12.1. The molecule has 1 heterocycles. The summed E-state index contributed by atoms with van der Waals surface area (Å²) < 4.78 is 32.7. The maximum absolute atomic E-state index is 12.9. The molecule has 9 heteroatoms. The summed E-state index contributed by atoms with van der Waals surface area (Å²) in [5.74, 6) is 0.872. The fraction of sp³-hybridized carbons (Fsp3) is 0.190. The van der Waals surface area contributed by atoms with E-state index in [1.54, 1.807) is 59.3 Å². The number of carbonyl (C=O) groups is 1. The highest BCUT2D eigenvalue weighted by Crippen LogP contribution is 2.20. The van der Waals surface area contributed by atoms with Crippen molar-refractivity contribution >= 4 is 33.6 Å². The summed E-state index contributed by atoms with van der Waals surface area (Å²) in [6.45, 7) is 0.581. The van der Waals surface area contributed by atoms with E-state index in [1.165, 1.54) is 0 Å². The summed E-state index contributed by atoms with van der Waals surface area (Å²) in [4.78, 5) is 15.6. The molecule has 0 aliphatic heterocycles. The van der Waals surface area contributed by atoms with Crippen LogP contribution in [0.4, 0.5) is 10.5 Å². The molecule has 2 amide bonds. The highest BCUT2D eigenvalue weighted by atomic mass is 32.2. The number of urea groups is 1. The molecule has 3 rings (SSSR count). The Morgan fingerprint density at radius 3 is 2.33 bits per heavy atom. The van der Waals surface area contributed by atoms with Gasteiger partial charge in [-0.2, -0.15) is 8.42 Å². The number of carbonyl (C=O) groups excluding carboxylic acids is 1. The predicted octanol–water partition coefficient (Wildman–Crippen LogP) is 4.57. The van der Waals surface area contributed by atoms with Crippen molar-refractivity contribution in [1.82, 2.24) is 4.90 Å². The van der Waals surface area contributed by atoms with Crippen LogP contribution in [0.3, 0.4) is 0 Å². The lowest BCUT2D eigenvalue weighted by Crippen LogP contribution is -2.34. The molecule has 158 valence electrons. The Morgan fingerprint density at radius 1 is 1.07 bits per heavy atom.